The number of nitrogens with one attached hydrogen (secondary N) is 1. The fourth-order valence-corrected chi connectivity index (χ4v) is 2.29. The molecule has 10 heteroatoms. The van der Waals surface area contributed by atoms with Gasteiger partial charge in [-0.05, 0) is 12.1 Å². The van der Waals surface area contributed by atoms with Crippen LogP contribution in [0.2, 0.25) is 10.0 Å². The van der Waals surface area contributed by atoms with E-state index in [1.807, 2.05) is 0 Å². The molecule has 0 aliphatic carbocycles. The molecule has 1 aromatic carbocycles. The van der Waals surface area contributed by atoms with Gasteiger partial charge in [-0.2, -0.15) is 5.10 Å². The topological polar surface area (TPSA) is 98.9 Å². The molecule has 0 bridgehead atoms. The van der Waals surface area contributed by atoms with Gasteiger partial charge in [0, 0.05) is 6.20 Å². The lowest BCUT2D eigenvalue weighted by Gasteiger charge is -2.03. The Morgan fingerprint density at radius 3 is 2.74 bits per heavy atom. The average molecular weight is 355 g/mol. The van der Waals surface area contributed by atoms with Crippen LogP contribution in [0, 0.1) is 10.1 Å². The number of ether oxygens (including phenoxy) is 2. The molecule has 2 aromatic rings. The van der Waals surface area contributed by atoms with Crippen molar-refractivity contribution in [3.05, 3.63) is 50.1 Å². The summed E-state index contributed by atoms with van der Waals surface area (Å²) in [5, 5.41) is 15.7. The summed E-state index contributed by atoms with van der Waals surface area (Å²) in [6.45, 7) is 0.0234. The van der Waals surface area contributed by atoms with Crippen LogP contribution in [-0.2, 0) is 0 Å². The summed E-state index contributed by atoms with van der Waals surface area (Å²) in [7, 11) is 0. The molecule has 2 heterocycles. The second-order valence-corrected chi connectivity index (χ2v) is 5.22. The van der Waals surface area contributed by atoms with Gasteiger partial charge in [-0.3, -0.25) is 15.5 Å². The molecule has 0 atom stereocenters. The number of nitro groups is 1. The molecule has 1 N–H and O–H groups in total. The molecule has 0 spiro atoms. The van der Waals surface area contributed by atoms with E-state index in [1.165, 1.54) is 30.6 Å². The van der Waals surface area contributed by atoms with Crippen LogP contribution in [0.5, 0.6) is 11.5 Å². The molecule has 0 saturated heterocycles. The Morgan fingerprint density at radius 2 is 2.04 bits per heavy atom. The molecule has 0 radical (unpaired) electrons. The molecule has 0 fully saturated rings. The summed E-state index contributed by atoms with van der Waals surface area (Å²) in [5.41, 5.74) is 2.69. The van der Waals surface area contributed by atoms with Gasteiger partial charge in [0.1, 0.15) is 0 Å². The lowest BCUT2D eigenvalue weighted by Crippen LogP contribution is -1.98. The number of pyridine rings is 1. The van der Waals surface area contributed by atoms with Crippen molar-refractivity contribution in [2.75, 3.05) is 12.2 Å². The third-order valence-corrected chi connectivity index (χ3v) is 3.40. The molecule has 1 aliphatic heterocycles. The number of rotatable bonds is 4. The monoisotopic (exact) mass is 354 g/mol. The number of aromatic nitrogens is 1. The number of anilines is 1. The van der Waals surface area contributed by atoms with E-state index in [1.54, 1.807) is 0 Å². The van der Waals surface area contributed by atoms with Crippen LogP contribution < -0.4 is 14.9 Å². The van der Waals surface area contributed by atoms with Gasteiger partial charge in [-0.15, -0.1) is 0 Å². The predicted octanol–water partition coefficient (Wildman–Crippen LogP) is 3.47. The van der Waals surface area contributed by atoms with Gasteiger partial charge in [0.15, 0.2) is 17.3 Å². The zero-order chi connectivity index (χ0) is 16.4. The van der Waals surface area contributed by atoms with Gasteiger partial charge in [0.2, 0.25) is 6.79 Å². The van der Waals surface area contributed by atoms with Crippen LogP contribution in [0.4, 0.5) is 11.5 Å². The summed E-state index contributed by atoms with van der Waals surface area (Å²) in [4.78, 5) is 14.6. The maximum atomic E-state index is 11.1. The minimum atomic E-state index is -0.531. The van der Waals surface area contributed by atoms with E-state index >= 15 is 0 Å². The van der Waals surface area contributed by atoms with Crippen LogP contribution in [0.15, 0.2) is 29.5 Å². The van der Waals surface area contributed by atoms with Crippen LogP contribution in [0.3, 0.4) is 0 Å². The SMILES string of the molecule is O=[N+]([O-])c1cc2c(cc1/C=N/Nc1ncc(Cl)cc1Cl)OCO2. The smallest absolute Gasteiger partial charge is 0.282 e. The lowest BCUT2D eigenvalue weighted by molar-refractivity contribution is -0.385. The van der Waals surface area contributed by atoms with Crippen molar-refractivity contribution in [1.29, 1.82) is 0 Å². The largest absolute Gasteiger partial charge is 0.454 e. The van der Waals surface area contributed by atoms with Gasteiger partial charge in [-0.1, -0.05) is 23.2 Å². The van der Waals surface area contributed by atoms with Crippen molar-refractivity contribution in [2.24, 2.45) is 5.10 Å². The van der Waals surface area contributed by atoms with Crippen molar-refractivity contribution < 1.29 is 14.4 Å². The van der Waals surface area contributed by atoms with Gasteiger partial charge in [0.25, 0.3) is 5.69 Å². The van der Waals surface area contributed by atoms with Crippen LogP contribution in [-0.4, -0.2) is 22.9 Å². The first kappa shape index (κ1) is 15.3. The second kappa shape index (κ2) is 6.27. The van der Waals surface area contributed by atoms with Gasteiger partial charge in [0.05, 0.1) is 32.8 Å². The quantitative estimate of drug-likeness (QED) is 0.512. The Kier molecular flexibility index (Phi) is 4.18. The number of benzene rings is 1. The zero-order valence-electron chi connectivity index (χ0n) is 11.3. The summed E-state index contributed by atoms with van der Waals surface area (Å²) in [6, 6.07) is 4.26. The Morgan fingerprint density at radius 1 is 1.30 bits per heavy atom. The molecule has 0 unspecified atom stereocenters. The zero-order valence-corrected chi connectivity index (χ0v) is 12.8. The highest BCUT2D eigenvalue weighted by Crippen LogP contribution is 2.37. The summed E-state index contributed by atoms with van der Waals surface area (Å²) in [5.74, 6) is 1.01. The molecular formula is C13H8Cl2N4O4. The Balaban J connectivity index is 1.85. The third-order valence-electron chi connectivity index (χ3n) is 2.90. The first-order valence-electron chi connectivity index (χ1n) is 6.23. The first-order chi connectivity index (χ1) is 11.0. The molecule has 8 nitrogen and oxygen atoms in total. The van der Waals surface area contributed by atoms with E-state index < -0.39 is 4.92 Å². The van der Waals surface area contributed by atoms with Crippen molar-refractivity contribution in [3.8, 4) is 11.5 Å². The molecule has 23 heavy (non-hydrogen) atoms. The number of hydrogen-bond acceptors (Lipinski definition) is 7. The molecular weight excluding hydrogens is 347 g/mol. The first-order valence-corrected chi connectivity index (χ1v) is 6.98. The molecule has 1 aliphatic rings. The van der Waals surface area contributed by atoms with E-state index in [0.29, 0.717) is 16.5 Å². The highest BCUT2D eigenvalue weighted by Gasteiger charge is 2.22. The minimum absolute atomic E-state index is 0.0234. The van der Waals surface area contributed by atoms with Crippen molar-refractivity contribution in [1.82, 2.24) is 4.98 Å². The van der Waals surface area contributed by atoms with Gasteiger partial charge >= 0.3 is 0 Å². The number of hydrogen-bond donors (Lipinski definition) is 1. The van der Waals surface area contributed by atoms with E-state index in [4.69, 9.17) is 32.7 Å². The van der Waals surface area contributed by atoms with Crippen LogP contribution in [0.1, 0.15) is 5.56 Å². The Bertz CT molecular complexity index is 813. The standard InChI is InChI=1S/C13H8Cl2N4O4/c14-8-2-9(15)13(16-5-8)18-17-4-7-1-11-12(23-6-22-11)3-10(7)19(20)21/h1-5H,6H2,(H,16,18)/b17-4+. The number of nitrogens with zero attached hydrogens (tertiary/aromatic N) is 3. The van der Waals surface area contributed by atoms with E-state index in [-0.39, 0.29) is 28.9 Å². The van der Waals surface area contributed by atoms with Gasteiger partial charge < -0.3 is 9.47 Å². The van der Waals surface area contributed by atoms with Gasteiger partial charge in [-0.25, -0.2) is 4.98 Å². The molecule has 1 aromatic heterocycles. The molecule has 0 saturated carbocycles. The average Bonchev–Trinajstić information content (AvgIpc) is 2.95. The van der Waals surface area contributed by atoms with E-state index in [2.05, 4.69) is 15.5 Å². The lowest BCUT2D eigenvalue weighted by atomic mass is 10.1. The summed E-state index contributed by atoms with van der Waals surface area (Å²) >= 11 is 11.7. The van der Waals surface area contributed by atoms with Crippen molar-refractivity contribution >= 4 is 40.9 Å². The normalized spacial score (nSPS) is 12.6. The van der Waals surface area contributed by atoms with Crippen LogP contribution >= 0.6 is 23.2 Å². The van der Waals surface area contributed by atoms with Crippen LogP contribution in [0.25, 0.3) is 0 Å². The minimum Gasteiger partial charge on any atom is -0.454 e. The van der Waals surface area contributed by atoms with Crippen molar-refractivity contribution in [3.63, 3.8) is 0 Å². The fourth-order valence-electron chi connectivity index (χ4n) is 1.87. The number of nitro benzene ring substituents is 1. The van der Waals surface area contributed by atoms with Crippen molar-refractivity contribution in [2.45, 2.75) is 0 Å². The predicted molar refractivity (Wildman–Crippen MR) is 84.7 cm³/mol. The fraction of sp³-hybridized carbons (Fsp3) is 0.0769. The van der Waals surface area contributed by atoms with E-state index in [9.17, 15) is 10.1 Å². The molecule has 3 rings (SSSR count). The third kappa shape index (κ3) is 3.27. The maximum Gasteiger partial charge on any atom is 0.282 e. The molecule has 118 valence electrons. The Hall–Kier alpha value is -2.58. The number of fused-ring (bicyclic) bond motifs is 1. The molecule has 0 amide bonds. The Labute approximate surface area is 139 Å². The summed E-state index contributed by atoms with van der Waals surface area (Å²) < 4.78 is 10.3. The highest BCUT2D eigenvalue weighted by molar-refractivity contribution is 6.35. The number of hydrazone groups is 1. The highest BCUT2D eigenvalue weighted by atomic mass is 35.5. The summed E-state index contributed by atoms with van der Waals surface area (Å²) in [6.07, 6.45) is 2.67. The number of halogens is 2. The maximum absolute atomic E-state index is 11.1. The second-order valence-electron chi connectivity index (χ2n) is 4.38. The van der Waals surface area contributed by atoms with E-state index in [0.717, 1.165) is 0 Å².